The van der Waals surface area contributed by atoms with Crippen molar-refractivity contribution in [3.05, 3.63) is 63.6 Å². The minimum absolute atomic E-state index is 0.0303. The van der Waals surface area contributed by atoms with Gasteiger partial charge in [-0.3, -0.25) is 9.59 Å². The minimum atomic E-state index is -0.235. The molecule has 2 N–H and O–H groups in total. The molecule has 0 saturated carbocycles. The van der Waals surface area contributed by atoms with Gasteiger partial charge in [-0.2, -0.15) is 0 Å². The molecule has 0 atom stereocenters. The second-order valence-corrected chi connectivity index (χ2v) is 6.65. The molecule has 1 saturated heterocycles. The van der Waals surface area contributed by atoms with Gasteiger partial charge in [0.25, 0.3) is 5.91 Å². The van der Waals surface area contributed by atoms with Gasteiger partial charge in [0, 0.05) is 40.9 Å². The molecule has 7 heteroatoms. The molecule has 25 heavy (non-hydrogen) atoms. The molecule has 130 valence electrons. The van der Waals surface area contributed by atoms with Crippen LogP contribution in [0.3, 0.4) is 0 Å². The number of piperazine rings is 1. The number of carbonyl (C=O) groups is 2. The first-order valence-electron chi connectivity index (χ1n) is 7.86. The molecule has 5 nitrogen and oxygen atoms in total. The fourth-order valence-electron chi connectivity index (χ4n) is 2.65. The summed E-state index contributed by atoms with van der Waals surface area (Å²) in [4.78, 5) is 25.7. The van der Waals surface area contributed by atoms with Crippen molar-refractivity contribution in [2.45, 2.75) is 6.54 Å². The monoisotopic (exact) mass is 377 g/mol. The van der Waals surface area contributed by atoms with E-state index in [0.717, 1.165) is 17.8 Å². The van der Waals surface area contributed by atoms with Gasteiger partial charge in [-0.1, -0.05) is 35.3 Å². The van der Waals surface area contributed by atoms with Gasteiger partial charge in [0.2, 0.25) is 5.91 Å². The summed E-state index contributed by atoms with van der Waals surface area (Å²) in [5.41, 5.74) is 2.38. The summed E-state index contributed by atoms with van der Waals surface area (Å²) in [5, 5.41) is 6.49. The van der Waals surface area contributed by atoms with Crippen molar-refractivity contribution in [2.24, 2.45) is 0 Å². The predicted octanol–water partition coefficient (Wildman–Crippen LogP) is 2.86. The van der Waals surface area contributed by atoms with Crippen molar-refractivity contribution >= 4 is 40.7 Å². The van der Waals surface area contributed by atoms with E-state index in [-0.39, 0.29) is 11.8 Å². The van der Waals surface area contributed by atoms with E-state index >= 15 is 0 Å². The first-order chi connectivity index (χ1) is 12.0. The Morgan fingerprint density at radius 3 is 2.44 bits per heavy atom. The van der Waals surface area contributed by atoms with Crippen LogP contribution in [0.2, 0.25) is 10.0 Å². The summed E-state index contributed by atoms with van der Waals surface area (Å²) in [6.07, 6.45) is 0. The summed E-state index contributed by atoms with van der Waals surface area (Å²) >= 11 is 11.8. The fraction of sp³-hybridized carbons (Fsp3) is 0.222. The molecule has 2 aromatic carbocycles. The highest BCUT2D eigenvalue weighted by atomic mass is 35.5. The number of hydrogen-bond acceptors (Lipinski definition) is 3. The van der Waals surface area contributed by atoms with Crippen LogP contribution in [0.4, 0.5) is 5.69 Å². The summed E-state index contributed by atoms with van der Waals surface area (Å²) in [5.74, 6) is -0.205. The summed E-state index contributed by atoms with van der Waals surface area (Å²) in [7, 11) is 0. The third-order valence-corrected chi connectivity index (χ3v) is 4.35. The number of nitrogens with zero attached hydrogens (tertiary/aromatic N) is 1. The third kappa shape index (κ3) is 4.65. The van der Waals surface area contributed by atoms with Crippen LogP contribution in [0.15, 0.2) is 42.5 Å². The Morgan fingerprint density at radius 1 is 1.12 bits per heavy atom. The zero-order valence-electron chi connectivity index (χ0n) is 13.4. The van der Waals surface area contributed by atoms with E-state index < -0.39 is 0 Å². The van der Waals surface area contributed by atoms with Crippen LogP contribution in [0, 0.1) is 0 Å². The predicted molar refractivity (Wildman–Crippen MR) is 99.3 cm³/mol. The maximum absolute atomic E-state index is 12.2. The Morgan fingerprint density at radius 2 is 1.80 bits per heavy atom. The van der Waals surface area contributed by atoms with E-state index in [1.54, 1.807) is 18.2 Å². The van der Waals surface area contributed by atoms with Crippen LogP contribution in [0.1, 0.15) is 15.9 Å². The Kier molecular flexibility index (Phi) is 5.46. The van der Waals surface area contributed by atoms with E-state index in [0.29, 0.717) is 35.2 Å². The van der Waals surface area contributed by atoms with Crippen molar-refractivity contribution in [2.75, 3.05) is 24.5 Å². The number of rotatable bonds is 4. The lowest BCUT2D eigenvalue weighted by molar-refractivity contribution is -0.120. The van der Waals surface area contributed by atoms with Crippen LogP contribution in [0.25, 0.3) is 0 Å². The van der Waals surface area contributed by atoms with Gasteiger partial charge in [0.05, 0.1) is 6.54 Å². The van der Waals surface area contributed by atoms with Gasteiger partial charge in [-0.25, -0.2) is 0 Å². The van der Waals surface area contributed by atoms with Crippen molar-refractivity contribution in [1.29, 1.82) is 0 Å². The highest BCUT2D eigenvalue weighted by molar-refractivity contribution is 6.35. The van der Waals surface area contributed by atoms with Crippen LogP contribution in [0.5, 0.6) is 0 Å². The van der Waals surface area contributed by atoms with Crippen LogP contribution >= 0.6 is 23.2 Å². The number of carbonyl (C=O) groups excluding carboxylic acids is 2. The van der Waals surface area contributed by atoms with E-state index in [9.17, 15) is 9.59 Å². The highest BCUT2D eigenvalue weighted by Gasteiger charge is 2.16. The van der Waals surface area contributed by atoms with Gasteiger partial charge < -0.3 is 15.5 Å². The van der Waals surface area contributed by atoms with Crippen molar-refractivity contribution in [3.8, 4) is 0 Å². The van der Waals surface area contributed by atoms with Gasteiger partial charge >= 0.3 is 0 Å². The number of benzene rings is 2. The second-order valence-electron chi connectivity index (χ2n) is 5.78. The lowest BCUT2D eigenvalue weighted by Crippen LogP contribution is -2.47. The zero-order valence-corrected chi connectivity index (χ0v) is 14.9. The molecular formula is C18H17Cl2N3O2. The first-order valence-corrected chi connectivity index (χ1v) is 8.62. The summed E-state index contributed by atoms with van der Waals surface area (Å²) in [6.45, 7) is 2.20. The van der Waals surface area contributed by atoms with E-state index in [1.807, 2.05) is 29.2 Å². The smallest absolute Gasteiger partial charge is 0.251 e. The standard InChI is InChI=1S/C18H17Cl2N3O2/c19-14-7-13(8-15(20)9-14)18(25)22-10-12-1-3-16(4-2-12)23-6-5-21-17(24)11-23/h1-4,7-9H,5-6,10-11H2,(H,21,24)(H,22,25). The number of hydrogen-bond donors (Lipinski definition) is 2. The molecule has 1 aliphatic heterocycles. The fourth-order valence-corrected chi connectivity index (χ4v) is 3.18. The van der Waals surface area contributed by atoms with E-state index in [4.69, 9.17) is 23.2 Å². The quantitative estimate of drug-likeness (QED) is 0.860. The Labute approximate surface area is 155 Å². The average molecular weight is 378 g/mol. The average Bonchev–Trinajstić information content (AvgIpc) is 2.59. The molecule has 1 aliphatic rings. The molecular weight excluding hydrogens is 361 g/mol. The van der Waals surface area contributed by atoms with Gasteiger partial charge in [-0.15, -0.1) is 0 Å². The molecule has 1 heterocycles. The molecule has 0 aliphatic carbocycles. The molecule has 0 unspecified atom stereocenters. The molecule has 2 amide bonds. The Hall–Kier alpha value is -2.24. The van der Waals surface area contributed by atoms with Crippen molar-refractivity contribution in [3.63, 3.8) is 0 Å². The largest absolute Gasteiger partial charge is 0.360 e. The first kappa shape index (κ1) is 17.6. The Balaban J connectivity index is 1.60. The molecule has 2 aromatic rings. The molecule has 0 radical (unpaired) electrons. The second kappa shape index (κ2) is 7.76. The topological polar surface area (TPSA) is 61.4 Å². The van der Waals surface area contributed by atoms with Gasteiger partial charge in [0.15, 0.2) is 0 Å². The maximum Gasteiger partial charge on any atom is 0.251 e. The normalized spacial score (nSPS) is 14.2. The lowest BCUT2D eigenvalue weighted by atomic mass is 10.1. The number of nitrogens with one attached hydrogen (secondary N) is 2. The van der Waals surface area contributed by atoms with Crippen LogP contribution in [-0.2, 0) is 11.3 Å². The van der Waals surface area contributed by atoms with E-state index in [2.05, 4.69) is 10.6 Å². The zero-order chi connectivity index (χ0) is 17.8. The Bertz CT molecular complexity index is 773. The van der Waals surface area contributed by atoms with Crippen molar-refractivity contribution < 1.29 is 9.59 Å². The maximum atomic E-state index is 12.2. The number of halogens is 2. The third-order valence-electron chi connectivity index (χ3n) is 3.92. The van der Waals surface area contributed by atoms with Crippen LogP contribution < -0.4 is 15.5 Å². The minimum Gasteiger partial charge on any atom is -0.360 e. The molecule has 0 spiro atoms. The molecule has 0 aromatic heterocycles. The summed E-state index contributed by atoms with van der Waals surface area (Å²) < 4.78 is 0. The lowest BCUT2D eigenvalue weighted by Gasteiger charge is -2.28. The summed E-state index contributed by atoms with van der Waals surface area (Å²) in [6, 6.07) is 12.5. The van der Waals surface area contributed by atoms with Crippen molar-refractivity contribution in [1.82, 2.24) is 10.6 Å². The number of amides is 2. The molecule has 0 bridgehead atoms. The highest BCUT2D eigenvalue weighted by Crippen LogP contribution is 2.19. The van der Waals surface area contributed by atoms with Gasteiger partial charge in [-0.05, 0) is 35.9 Å². The SMILES string of the molecule is O=C1CN(c2ccc(CNC(=O)c3cc(Cl)cc(Cl)c3)cc2)CCN1. The number of anilines is 1. The molecule has 3 rings (SSSR count). The van der Waals surface area contributed by atoms with E-state index in [1.165, 1.54) is 0 Å². The van der Waals surface area contributed by atoms with Crippen LogP contribution in [-0.4, -0.2) is 31.4 Å². The molecule has 1 fully saturated rings. The van der Waals surface area contributed by atoms with Gasteiger partial charge in [0.1, 0.15) is 0 Å².